The Morgan fingerprint density at radius 2 is 2.32 bits per heavy atom. The number of ketones is 1. The highest BCUT2D eigenvalue weighted by Gasteiger charge is 2.55. The second kappa shape index (κ2) is 5.58. The summed E-state index contributed by atoms with van der Waals surface area (Å²) in [6, 6.07) is 1.69. The number of ether oxygens (including phenoxy) is 1. The average Bonchev–Trinajstić information content (AvgIpc) is 2.36. The molecule has 0 radical (unpaired) electrons. The highest BCUT2D eigenvalue weighted by Crippen LogP contribution is 2.27. The van der Waals surface area contributed by atoms with Crippen LogP contribution in [-0.2, 0) is 19.1 Å². The molecule has 1 rings (SSSR count). The van der Waals surface area contributed by atoms with E-state index in [0.29, 0.717) is 0 Å². The minimum atomic E-state index is -1.83. The lowest BCUT2D eigenvalue weighted by molar-refractivity contribution is -0.154. The van der Waals surface area contributed by atoms with Crippen molar-refractivity contribution in [3.8, 4) is 6.07 Å². The van der Waals surface area contributed by atoms with Gasteiger partial charge in [0, 0.05) is 6.42 Å². The Morgan fingerprint density at radius 3 is 2.79 bits per heavy atom. The molecular formula is C11H11N3O4S. The van der Waals surface area contributed by atoms with Gasteiger partial charge in [-0.15, -0.1) is 0 Å². The number of nitrogens with one attached hydrogen (secondary N) is 2. The zero-order chi connectivity index (χ0) is 14.6. The van der Waals surface area contributed by atoms with Crippen LogP contribution < -0.4 is 10.6 Å². The Hall–Kier alpha value is -2.27. The molecule has 7 nitrogen and oxygen atoms in total. The first kappa shape index (κ1) is 14.8. The number of thiocarbonyl (C=S) groups is 1. The van der Waals surface area contributed by atoms with Crippen LogP contribution in [-0.4, -0.2) is 35.4 Å². The fourth-order valence-corrected chi connectivity index (χ4v) is 2.08. The smallest absolute Gasteiger partial charge is 0.334 e. The molecule has 0 aliphatic carbocycles. The van der Waals surface area contributed by atoms with Gasteiger partial charge in [-0.2, -0.15) is 5.26 Å². The summed E-state index contributed by atoms with van der Waals surface area (Å²) < 4.78 is 4.59. The molecule has 2 N–H and O–H groups in total. The number of methoxy groups -OCH3 is 1. The molecular weight excluding hydrogens is 270 g/mol. The van der Waals surface area contributed by atoms with Crippen LogP contribution in [0.4, 0.5) is 0 Å². The summed E-state index contributed by atoms with van der Waals surface area (Å²) in [7, 11) is 1.09. The van der Waals surface area contributed by atoms with Crippen LogP contribution in [0.3, 0.4) is 0 Å². The molecule has 1 amide bonds. The quantitative estimate of drug-likeness (QED) is 0.394. The number of nitrogens with zero attached hydrogens (tertiary/aromatic N) is 1. The number of rotatable bonds is 4. The number of carbonyl (C=O) groups is 3. The SMILES string of the molecule is C=CC(=O)C[C@@]1(C(=O)OC)NC(=S)NC(=O)[C@@H]1C#N. The number of amides is 1. The van der Waals surface area contributed by atoms with E-state index >= 15 is 0 Å². The van der Waals surface area contributed by atoms with Crippen molar-refractivity contribution in [3.63, 3.8) is 0 Å². The van der Waals surface area contributed by atoms with Crippen LogP contribution >= 0.6 is 12.2 Å². The van der Waals surface area contributed by atoms with Crippen molar-refractivity contribution >= 4 is 35.0 Å². The largest absolute Gasteiger partial charge is 0.467 e. The van der Waals surface area contributed by atoms with Crippen molar-refractivity contribution in [2.75, 3.05) is 7.11 Å². The Morgan fingerprint density at radius 1 is 1.68 bits per heavy atom. The van der Waals surface area contributed by atoms with Crippen LogP contribution in [0.25, 0.3) is 0 Å². The van der Waals surface area contributed by atoms with Gasteiger partial charge in [0.1, 0.15) is 0 Å². The van der Waals surface area contributed by atoms with Crippen molar-refractivity contribution in [2.45, 2.75) is 12.0 Å². The van der Waals surface area contributed by atoms with Crippen molar-refractivity contribution < 1.29 is 19.1 Å². The molecule has 1 aliphatic rings. The van der Waals surface area contributed by atoms with Gasteiger partial charge in [-0.3, -0.25) is 9.59 Å². The highest BCUT2D eigenvalue weighted by atomic mass is 32.1. The van der Waals surface area contributed by atoms with Gasteiger partial charge in [-0.25, -0.2) is 4.79 Å². The number of esters is 1. The van der Waals surface area contributed by atoms with E-state index in [9.17, 15) is 14.4 Å². The molecule has 0 saturated carbocycles. The van der Waals surface area contributed by atoms with Crippen molar-refractivity contribution in [3.05, 3.63) is 12.7 Å². The monoisotopic (exact) mass is 281 g/mol. The van der Waals surface area contributed by atoms with Gasteiger partial charge in [0.2, 0.25) is 5.91 Å². The average molecular weight is 281 g/mol. The van der Waals surface area contributed by atoms with Crippen molar-refractivity contribution in [1.82, 2.24) is 10.6 Å². The summed E-state index contributed by atoms with van der Waals surface area (Å²) >= 11 is 4.79. The summed E-state index contributed by atoms with van der Waals surface area (Å²) in [4.78, 5) is 35.2. The summed E-state index contributed by atoms with van der Waals surface area (Å²) in [5, 5.41) is 13.7. The number of allylic oxidation sites excluding steroid dienone is 1. The third-order valence-electron chi connectivity index (χ3n) is 2.69. The molecule has 0 aromatic carbocycles. The first-order valence-electron chi connectivity index (χ1n) is 5.17. The topological polar surface area (TPSA) is 108 Å². The summed E-state index contributed by atoms with van der Waals surface area (Å²) in [5.74, 6) is -3.62. The maximum atomic E-state index is 11.9. The van der Waals surface area contributed by atoms with Crippen LogP contribution in [0.5, 0.6) is 0 Å². The third-order valence-corrected chi connectivity index (χ3v) is 2.89. The first-order chi connectivity index (χ1) is 8.91. The number of carbonyl (C=O) groups excluding carboxylic acids is 3. The number of nitriles is 1. The van der Waals surface area contributed by atoms with Crippen LogP contribution in [0, 0.1) is 17.2 Å². The molecule has 1 aliphatic heterocycles. The lowest BCUT2D eigenvalue weighted by atomic mass is 9.78. The molecule has 1 saturated heterocycles. The van der Waals surface area contributed by atoms with E-state index in [-0.39, 0.29) is 5.11 Å². The maximum absolute atomic E-state index is 11.9. The first-order valence-corrected chi connectivity index (χ1v) is 5.58. The molecule has 2 atom stereocenters. The van der Waals surface area contributed by atoms with Gasteiger partial charge in [0.25, 0.3) is 0 Å². The van der Waals surface area contributed by atoms with Gasteiger partial charge in [0.15, 0.2) is 22.4 Å². The number of hydrogen-bond acceptors (Lipinski definition) is 6. The lowest BCUT2D eigenvalue weighted by Crippen LogP contribution is -2.70. The summed E-state index contributed by atoms with van der Waals surface area (Å²) in [6.07, 6.45) is 0.547. The van der Waals surface area contributed by atoms with E-state index in [1.807, 2.05) is 0 Å². The van der Waals surface area contributed by atoms with Gasteiger partial charge < -0.3 is 15.4 Å². The summed E-state index contributed by atoms with van der Waals surface area (Å²) in [6.45, 7) is 3.29. The fourth-order valence-electron chi connectivity index (χ4n) is 1.80. The van der Waals surface area contributed by atoms with E-state index in [4.69, 9.17) is 17.5 Å². The van der Waals surface area contributed by atoms with Crippen LogP contribution in [0.2, 0.25) is 0 Å². The molecule has 1 heterocycles. The molecule has 0 bridgehead atoms. The number of hydrogen-bond donors (Lipinski definition) is 2. The Balaban J connectivity index is 3.33. The minimum Gasteiger partial charge on any atom is -0.467 e. The molecule has 0 spiro atoms. The molecule has 0 aromatic rings. The van der Waals surface area contributed by atoms with E-state index in [1.54, 1.807) is 6.07 Å². The van der Waals surface area contributed by atoms with Gasteiger partial charge in [0.05, 0.1) is 13.2 Å². The molecule has 0 aromatic heterocycles. The predicted octanol–water partition coefficient (Wildman–Crippen LogP) is -0.813. The second-order valence-electron chi connectivity index (χ2n) is 3.82. The second-order valence-corrected chi connectivity index (χ2v) is 4.22. The molecule has 19 heavy (non-hydrogen) atoms. The molecule has 8 heteroatoms. The highest BCUT2D eigenvalue weighted by molar-refractivity contribution is 7.80. The Bertz CT molecular complexity index is 511. The van der Waals surface area contributed by atoms with E-state index in [1.165, 1.54) is 0 Å². The zero-order valence-corrected chi connectivity index (χ0v) is 10.9. The third kappa shape index (κ3) is 2.61. The fraction of sp³-hybridized carbons (Fsp3) is 0.364. The van der Waals surface area contributed by atoms with Crippen LogP contribution in [0.1, 0.15) is 6.42 Å². The van der Waals surface area contributed by atoms with Crippen molar-refractivity contribution in [1.29, 1.82) is 5.26 Å². The standard InChI is InChI=1S/C11H11N3O4S/c1-3-6(15)4-11(9(17)18-2)7(5-12)8(16)13-10(19)14-11/h3,7H,1,4H2,2H3,(H2,13,14,16,19)/t7-,11+/m0/s1. The Kier molecular flexibility index (Phi) is 4.34. The van der Waals surface area contributed by atoms with E-state index in [0.717, 1.165) is 13.2 Å². The van der Waals surface area contributed by atoms with Gasteiger partial charge in [-0.05, 0) is 18.3 Å². The normalized spacial score (nSPS) is 25.6. The maximum Gasteiger partial charge on any atom is 0.334 e. The molecule has 0 unspecified atom stereocenters. The predicted molar refractivity (Wildman–Crippen MR) is 67.5 cm³/mol. The van der Waals surface area contributed by atoms with Crippen LogP contribution in [0.15, 0.2) is 12.7 Å². The zero-order valence-electron chi connectivity index (χ0n) is 10.1. The van der Waals surface area contributed by atoms with E-state index < -0.39 is 35.5 Å². The molecule has 1 fully saturated rings. The molecule has 100 valence electrons. The lowest BCUT2D eigenvalue weighted by Gasteiger charge is -2.38. The summed E-state index contributed by atoms with van der Waals surface area (Å²) in [5.41, 5.74) is -1.83. The van der Waals surface area contributed by atoms with E-state index in [2.05, 4.69) is 21.9 Å². The Labute approximate surface area is 114 Å². The van der Waals surface area contributed by atoms with Gasteiger partial charge in [-0.1, -0.05) is 6.58 Å². The minimum absolute atomic E-state index is 0.140. The van der Waals surface area contributed by atoms with Gasteiger partial charge >= 0.3 is 5.97 Å². The van der Waals surface area contributed by atoms with Crippen molar-refractivity contribution in [2.24, 2.45) is 5.92 Å².